The molecule has 0 aliphatic carbocycles. The van der Waals surface area contributed by atoms with Crippen LogP contribution in [-0.4, -0.2) is 30.4 Å². The molecule has 2 aromatic rings. The fraction of sp³-hybridized carbons (Fsp3) is 0.357. The summed E-state index contributed by atoms with van der Waals surface area (Å²) in [5, 5.41) is 9.84. The van der Waals surface area contributed by atoms with Crippen molar-refractivity contribution in [1.82, 2.24) is 0 Å². The van der Waals surface area contributed by atoms with Gasteiger partial charge < -0.3 is 19.0 Å². The summed E-state index contributed by atoms with van der Waals surface area (Å²) in [5.74, 6) is -0.473. The summed E-state index contributed by atoms with van der Waals surface area (Å²) >= 11 is 0. The summed E-state index contributed by atoms with van der Waals surface area (Å²) in [6.07, 6.45) is 3.64. The molecule has 1 N–H and O–H groups in total. The Balaban J connectivity index is 1.87. The minimum Gasteiger partial charge on any atom is -0.490 e. The predicted octanol–water partition coefficient (Wildman–Crippen LogP) is 2.69. The lowest BCUT2D eigenvalue weighted by Gasteiger charge is -2.12. The first-order chi connectivity index (χ1) is 9.24. The number of furan rings is 1. The number of ether oxygens (including phenoxy) is 2. The first kappa shape index (κ1) is 12.0. The summed E-state index contributed by atoms with van der Waals surface area (Å²) < 4.78 is 16.4. The zero-order valence-electron chi connectivity index (χ0n) is 10.3. The first-order valence-electron chi connectivity index (χ1n) is 6.23. The number of fused-ring (bicyclic) bond motifs is 1. The zero-order valence-corrected chi connectivity index (χ0v) is 10.3. The van der Waals surface area contributed by atoms with Crippen LogP contribution in [0.15, 0.2) is 28.9 Å². The van der Waals surface area contributed by atoms with Crippen molar-refractivity contribution in [2.75, 3.05) is 13.2 Å². The highest BCUT2D eigenvalue weighted by atomic mass is 16.5. The average molecular weight is 262 g/mol. The molecule has 0 radical (unpaired) electrons. The highest BCUT2D eigenvalue weighted by Crippen LogP contribution is 2.29. The van der Waals surface area contributed by atoms with Gasteiger partial charge in [-0.1, -0.05) is 0 Å². The van der Waals surface area contributed by atoms with E-state index in [0.29, 0.717) is 17.9 Å². The Morgan fingerprint density at radius 1 is 1.47 bits per heavy atom. The molecule has 5 nitrogen and oxygen atoms in total. The molecular weight excluding hydrogens is 248 g/mol. The molecule has 0 amide bonds. The molecule has 100 valence electrons. The van der Waals surface area contributed by atoms with E-state index in [2.05, 4.69) is 0 Å². The molecule has 1 aliphatic heterocycles. The fourth-order valence-corrected chi connectivity index (χ4v) is 2.24. The van der Waals surface area contributed by atoms with Crippen LogP contribution in [0.3, 0.4) is 0 Å². The standard InChI is InChI=1S/C14H14O5/c15-14(16)9-6-12-11(3-5-18-12)13(7-9)19-8-10-2-1-4-17-10/h3,5-7,10H,1-2,4,8H2,(H,15,16)/t10-/m0/s1. The lowest BCUT2D eigenvalue weighted by molar-refractivity contribution is 0.0676. The van der Waals surface area contributed by atoms with Gasteiger partial charge in [-0.2, -0.15) is 0 Å². The second-order valence-corrected chi connectivity index (χ2v) is 4.56. The van der Waals surface area contributed by atoms with E-state index in [-0.39, 0.29) is 11.7 Å². The van der Waals surface area contributed by atoms with Gasteiger partial charge in [0.25, 0.3) is 0 Å². The highest BCUT2D eigenvalue weighted by molar-refractivity contribution is 5.95. The molecule has 0 saturated carbocycles. The summed E-state index contributed by atoms with van der Waals surface area (Å²) in [7, 11) is 0. The largest absolute Gasteiger partial charge is 0.490 e. The lowest BCUT2D eigenvalue weighted by atomic mass is 10.1. The molecule has 0 bridgehead atoms. The van der Waals surface area contributed by atoms with Crippen molar-refractivity contribution < 1.29 is 23.8 Å². The number of carboxylic acid groups (broad SMARTS) is 1. The van der Waals surface area contributed by atoms with Gasteiger partial charge >= 0.3 is 5.97 Å². The van der Waals surface area contributed by atoms with E-state index in [4.69, 9.17) is 19.0 Å². The molecule has 1 saturated heterocycles. The SMILES string of the molecule is O=C(O)c1cc(OC[C@@H]2CCCO2)c2ccoc2c1. The molecule has 1 aromatic heterocycles. The predicted molar refractivity (Wildman–Crippen MR) is 67.6 cm³/mol. The molecular formula is C14H14O5. The Bertz CT molecular complexity index is 595. The van der Waals surface area contributed by atoms with Crippen LogP contribution in [0.25, 0.3) is 11.0 Å². The van der Waals surface area contributed by atoms with E-state index < -0.39 is 5.97 Å². The summed E-state index contributed by atoms with van der Waals surface area (Å²) in [6.45, 7) is 1.20. The number of hydrogen-bond donors (Lipinski definition) is 1. The molecule has 5 heteroatoms. The normalized spacial score (nSPS) is 18.8. The fourth-order valence-electron chi connectivity index (χ4n) is 2.24. The zero-order chi connectivity index (χ0) is 13.2. The van der Waals surface area contributed by atoms with Crippen LogP contribution in [-0.2, 0) is 4.74 Å². The van der Waals surface area contributed by atoms with Crippen molar-refractivity contribution in [2.24, 2.45) is 0 Å². The summed E-state index contributed by atoms with van der Waals surface area (Å²) in [5.41, 5.74) is 0.673. The number of carbonyl (C=O) groups is 1. The molecule has 3 rings (SSSR count). The Hall–Kier alpha value is -2.01. The maximum Gasteiger partial charge on any atom is 0.335 e. The van der Waals surface area contributed by atoms with Gasteiger partial charge in [-0.3, -0.25) is 0 Å². The van der Waals surface area contributed by atoms with Crippen LogP contribution in [0.1, 0.15) is 23.2 Å². The van der Waals surface area contributed by atoms with Gasteiger partial charge in [0.15, 0.2) is 0 Å². The van der Waals surface area contributed by atoms with E-state index in [9.17, 15) is 4.79 Å². The number of rotatable bonds is 4. The topological polar surface area (TPSA) is 68.9 Å². The minimum atomic E-state index is -1.000. The van der Waals surface area contributed by atoms with E-state index in [1.165, 1.54) is 18.4 Å². The maximum atomic E-state index is 11.1. The smallest absolute Gasteiger partial charge is 0.335 e. The number of benzene rings is 1. The van der Waals surface area contributed by atoms with Crippen LogP contribution in [0.5, 0.6) is 5.75 Å². The van der Waals surface area contributed by atoms with E-state index >= 15 is 0 Å². The van der Waals surface area contributed by atoms with E-state index in [1.807, 2.05) is 0 Å². The molecule has 19 heavy (non-hydrogen) atoms. The van der Waals surface area contributed by atoms with Crippen LogP contribution < -0.4 is 4.74 Å². The van der Waals surface area contributed by atoms with Crippen LogP contribution in [0.4, 0.5) is 0 Å². The first-order valence-corrected chi connectivity index (χ1v) is 6.23. The van der Waals surface area contributed by atoms with E-state index in [1.54, 1.807) is 6.07 Å². The summed E-state index contributed by atoms with van der Waals surface area (Å²) in [4.78, 5) is 11.1. The Labute approximate surface area is 109 Å². The molecule has 1 atom stereocenters. The maximum absolute atomic E-state index is 11.1. The van der Waals surface area contributed by atoms with Gasteiger partial charge in [-0.15, -0.1) is 0 Å². The summed E-state index contributed by atoms with van der Waals surface area (Å²) in [6, 6.07) is 4.79. The van der Waals surface area contributed by atoms with Gasteiger partial charge in [0.05, 0.1) is 23.3 Å². The third-order valence-electron chi connectivity index (χ3n) is 3.23. The monoisotopic (exact) mass is 262 g/mol. The van der Waals surface area contributed by atoms with Gasteiger partial charge in [0.2, 0.25) is 0 Å². The van der Waals surface area contributed by atoms with Crippen molar-refractivity contribution in [3.63, 3.8) is 0 Å². The molecule has 2 heterocycles. The Morgan fingerprint density at radius 2 is 2.37 bits per heavy atom. The van der Waals surface area contributed by atoms with Crippen molar-refractivity contribution in [3.8, 4) is 5.75 Å². The third-order valence-corrected chi connectivity index (χ3v) is 3.23. The molecule has 1 fully saturated rings. The van der Waals surface area contributed by atoms with Crippen LogP contribution in [0, 0.1) is 0 Å². The van der Waals surface area contributed by atoms with Crippen molar-refractivity contribution in [3.05, 3.63) is 30.0 Å². The second-order valence-electron chi connectivity index (χ2n) is 4.56. The molecule has 0 spiro atoms. The Kier molecular flexibility index (Phi) is 3.13. The van der Waals surface area contributed by atoms with Gasteiger partial charge in [0.1, 0.15) is 17.9 Å². The second kappa shape index (κ2) is 4.93. The van der Waals surface area contributed by atoms with Gasteiger partial charge in [0, 0.05) is 6.61 Å². The van der Waals surface area contributed by atoms with Crippen molar-refractivity contribution >= 4 is 16.9 Å². The lowest BCUT2D eigenvalue weighted by Crippen LogP contribution is -2.16. The highest BCUT2D eigenvalue weighted by Gasteiger charge is 2.18. The molecule has 1 aliphatic rings. The molecule has 1 aromatic carbocycles. The third kappa shape index (κ3) is 2.42. The quantitative estimate of drug-likeness (QED) is 0.917. The number of aromatic carboxylic acids is 1. The van der Waals surface area contributed by atoms with E-state index in [0.717, 1.165) is 24.8 Å². The Morgan fingerprint density at radius 3 is 3.11 bits per heavy atom. The number of hydrogen-bond acceptors (Lipinski definition) is 4. The van der Waals surface area contributed by atoms with Crippen molar-refractivity contribution in [2.45, 2.75) is 18.9 Å². The minimum absolute atomic E-state index is 0.0930. The van der Waals surface area contributed by atoms with Gasteiger partial charge in [-0.05, 0) is 31.0 Å². The van der Waals surface area contributed by atoms with Crippen molar-refractivity contribution in [1.29, 1.82) is 0 Å². The van der Waals surface area contributed by atoms with Crippen LogP contribution >= 0.6 is 0 Å². The molecule has 0 unspecified atom stereocenters. The van der Waals surface area contributed by atoms with Gasteiger partial charge in [-0.25, -0.2) is 4.79 Å². The average Bonchev–Trinajstić information content (AvgIpc) is 3.06. The number of carboxylic acids is 1. The van der Waals surface area contributed by atoms with Crippen LogP contribution in [0.2, 0.25) is 0 Å².